The number of aromatic nitrogens is 5. The first kappa shape index (κ1) is 25.8. The third kappa shape index (κ3) is 8.17. The molecule has 0 saturated heterocycles. The summed E-state index contributed by atoms with van der Waals surface area (Å²) in [5, 5.41) is 52.2. The standard InChI is InChI=1S/C6H6N2O.C6H14O6.C5H5N5/c7-6(9)5-2-1-3-8-4-5;7-1-3(9)5(11)6(12)4(10)2-8;6-4-3-5(9-1-7-3)10-2-8-4/h1-4H,(H2,7,9);3-12H,1-2H2;1-2H,(H3,6,7,8,9,10). The van der Waals surface area contributed by atoms with E-state index in [2.05, 4.69) is 24.9 Å². The van der Waals surface area contributed by atoms with Crippen LogP contribution in [0.25, 0.3) is 11.2 Å². The Bertz CT molecular complexity index is 898. The molecule has 14 nitrogen and oxygen atoms in total. The molecule has 0 spiro atoms. The van der Waals surface area contributed by atoms with Crippen molar-refractivity contribution in [2.24, 2.45) is 5.73 Å². The fourth-order valence-electron chi connectivity index (χ4n) is 1.96. The minimum Gasteiger partial charge on any atom is -0.394 e. The molecule has 0 aliphatic carbocycles. The number of nitrogens with one attached hydrogen (secondary N) is 1. The first-order chi connectivity index (χ1) is 14.7. The molecule has 11 N–H and O–H groups in total. The van der Waals surface area contributed by atoms with Gasteiger partial charge in [-0.2, -0.15) is 0 Å². The highest BCUT2D eigenvalue weighted by Gasteiger charge is 2.29. The molecule has 0 radical (unpaired) electrons. The number of aromatic amines is 1. The second-order valence-corrected chi connectivity index (χ2v) is 5.95. The normalized spacial score (nSPS) is 14.3. The van der Waals surface area contributed by atoms with Crippen molar-refractivity contribution in [2.75, 3.05) is 18.9 Å². The van der Waals surface area contributed by atoms with E-state index in [0.29, 0.717) is 22.5 Å². The van der Waals surface area contributed by atoms with E-state index < -0.39 is 43.5 Å². The van der Waals surface area contributed by atoms with E-state index in [0.717, 1.165) is 0 Å². The maximum Gasteiger partial charge on any atom is 0.250 e. The zero-order valence-electron chi connectivity index (χ0n) is 16.2. The molecule has 0 aliphatic heterocycles. The number of hydrogen-bond donors (Lipinski definition) is 9. The number of aliphatic hydroxyl groups excluding tert-OH is 6. The average molecular weight is 439 g/mol. The molecule has 0 saturated carbocycles. The maximum atomic E-state index is 10.4. The molecule has 14 heteroatoms. The monoisotopic (exact) mass is 439 g/mol. The van der Waals surface area contributed by atoms with Crippen LogP contribution in [0.15, 0.2) is 37.2 Å². The summed E-state index contributed by atoms with van der Waals surface area (Å²) in [6.07, 6.45) is -0.445. The van der Waals surface area contributed by atoms with Gasteiger partial charge in [-0.3, -0.25) is 9.78 Å². The van der Waals surface area contributed by atoms with Gasteiger partial charge in [0.25, 0.3) is 0 Å². The van der Waals surface area contributed by atoms with E-state index in [1.165, 1.54) is 18.9 Å². The lowest BCUT2D eigenvalue weighted by Gasteiger charge is -2.24. The summed E-state index contributed by atoms with van der Waals surface area (Å²) in [4.78, 5) is 28.5. The second-order valence-electron chi connectivity index (χ2n) is 5.95. The van der Waals surface area contributed by atoms with E-state index in [1.807, 2.05) is 0 Å². The van der Waals surface area contributed by atoms with E-state index >= 15 is 0 Å². The van der Waals surface area contributed by atoms with Crippen LogP contribution >= 0.6 is 0 Å². The number of rotatable bonds is 6. The molecule has 1 amide bonds. The second kappa shape index (κ2) is 13.1. The first-order valence-electron chi connectivity index (χ1n) is 8.76. The Labute approximate surface area is 175 Å². The van der Waals surface area contributed by atoms with Crippen molar-refractivity contribution in [1.29, 1.82) is 0 Å². The molecular weight excluding hydrogens is 414 g/mol. The van der Waals surface area contributed by atoms with Gasteiger partial charge in [0.1, 0.15) is 36.3 Å². The Morgan fingerprint density at radius 3 is 2.06 bits per heavy atom. The molecule has 0 aliphatic rings. The summed E-state index contributed by atoms with van der Waals surface area (Å²) in [6, 6.07) is 3.29. The van der Waals surface area contributed by atoms with Gasteiger partial charge in [-0.15, -0.1) is 0 Å². The number of hydrogen-bond acceptors (Lipinski definition) is 12. The smallest absolute Gasteiger partial charge is 0.250 e. The van der Waals surface area contributed by atoms with E-state index in [4.69, 9.17) is 42.1 Å². The lowest BCUT2D eigenvalue weighted by Crippen LogP contribution is -2.46. The molecule has 0 aromatic carbocycles. The largest absolute Gasteiger partial charge is 0.394 e. The summed E-state index contributed by atoms with van der Waals surface area (Å²) in [6.45, 7) is -1.45. The van der Waals surface area contributed by atoms with E-state index in [9.17, 15) is 4.79 Å². The van der Waals surface area contributed by atoms with Gasteiger partial charge in [-0.1, -0.05) is 0 Å². The van der Waals surface area contributed by atoms with Crippen LogP contribution in [0.4, 0.5) is 5.82 Å². The molecule has 4 unspecified atom stereocenters. The first-order valence-corrected chi connectivity index (χ1v) is 8.76. The summed E-state index contributed by atoms with van der Waals surface area (Å²) >= 11 is 0. The van der Waals surface area contributed by atoms with Crippen molar-refractivity contribution in [2.45, 2.75) is 24.4 Å². The van der Waals surface area contributed by atoms with Gasteiger partial charge >= 0.3 is 0 Å². The van der Waals surface area contributed by atoms with Gasteiger partial charge in [0.2, 0.25) is 5.91 Å². The zero-order valence-corrected chi connectivity index (χ0v) is 16.2. The van der Waals surface area contributed by atoms with Crippen LogP contribution in [0.1, 0.15) is 10.4 Å². The highest BCUT2D eigenvalue weighted by Crippen LogP contribution is 2.09. The number of nitrogen functional groups attached to an aromatic ring is 1. The van der Waals surface area contributed by atoms with Crippen molar-refractivity contribution in [3.05, 3.63) is 42.7 Å². The number of nitrogens with zero attached hydrogens (tertiary/aromatic N) is 4. The van der Waals surface area contributed by atoms with Crippen LogP contribution < -0.4 is 11.5 Å². The molecule has 170 valence electrons. The number of amides is 1. The van der Waals surface area contributed by atoms with Crippen LogP contribution in [0, 0.1) is 0 Å². The summed E-state index contributed by atoms with van der Waals surface area (Å²) < 4.78 is 0. The molecule has 3 heterocycles. The fraction of sp³-hybridized carbons (Fsp3) is 0.353. The van der Waals surface area contributed by atoms with Crippen molar-refractivity contribution in [3.8, 4) is 0 Å². The zero-order chi connectivity index (χ0) is 23.4. The number of primary amides is 1. The van der Waals surface area contributed by atoms with E-state index in [-0.39, 0.29) is 0 Å². The fourth-order valence-corrected chi connectivity index (χ4v) is 1.96. The number of aliphatic hydroxyl groups is 6. The third-order valence-electron chi connectivity index (χ3n) is 3.71. The minimum absolute atomic E-state index is 0.433. The quantitative estimate of drug-likeness (QED) is 0.181. The van der Waals surface area contributed by atoms with Gasteiger partial charge < -0.3 is 47.1 Å². The summed E-state index contributed by atoms with van der Waals surface area (Å²) in [5.74, 6) is -0.00870. The lowest BCUT2D eigenvalue weighted by molar-refractivity contribution is -0.123. The summed E-state index contributed by atoms with van der Waals surface area (Å²) in [5.41, 5.74) is 12.2. The number of anilines is 1. The molecule has 3 aromatic rings. The van der Waals surface area contributed by atoms with Crippen LogP contribution in [-0.2, 0) is 0 Å². The number of H-pyrrole nitrogens is 1. The van der Waals surface area contributed by atoms with Crippen molar-refractivity contribution < 1.29 is 35.4 Å². The predicted octanol–water partition coefficient (Wildman–Crippen LogP) is -3.47. The molecule has 0 bridgehead atoms. The summed E-state index contributed by atoms with van der Waals surface area (Å²) in [7, 11) is 0. The highest BCUT2D eigenvalue weighted by atomic mass is 16.4. The number of carbonyl (C=O) groups excluding carboxylic acids is 1. The number of fused-ring (bicyclic) bond motifs is 1. The highest BCUT2D eigenvalue weighted by molar-refractivity contribution is 5.92. The SMILES string of the molecule is NC(=O)c1cccnc1.Nc1ncnc2nc[nH]c12.OCC(O)C(O)C(O)C(O)CO. The minimum atomic E-state index is -1.67. The topological polar surface area (TPSA) is 258 Å². The molecule has 0 fully saturated rings. The van der Waals surface area contributed by atoms with Gasteiger partial charge in [-0.25, -0.2) is 15.0 Å². The Hall–Kier alpha value is -3.27. The van der Waals surface area contributed by atoms with Gasteiger partial charge in [0, 0.05) is 12.4 Å². The predicted molar refractivity (Wildman–Crippen MR) is 107 cm³/mol. The van der Waals surface area contributed by atoms with Crippen LogP contribution in [0.5, 0.6) is 0 Å². The van der Waals surface area contributed by atoms with Crippen LogP contribution in [0.2, 0.25) is 0 Å². The molecule has 31 heavy (non-hydrogen) atoms. The number of carbonyl (C=O) groups is 1. The Kier molecular flexibility index (Phi) is 10.9. The van der Waals surface area contributed by atoms with Gasteiger partial charge in [-0.05, 0) is 12.1 Å². The van der Waals surface area contributed by atoms with Crippen LogP contribution in [0.3, 0.4) is 0 Å². The Balaban J connectivity index is 0.000000234. The van der Waals surface area contributed by atoms with E-state index in [1.54, 1.807) is 18.3 Å². The number of nitrogens with two attached hydrogens (primary N) is 2. The number of imidazole rings is 1. The molecule has 3 rings (SSSR count). The average Bonchev–Trinajstić information content (AvgIpc) is 3.28. The third-order valence-corrected chi connectivity index (χ3v) is 3.71. The van der Waals surface area contributed by atoms with Crippen molar-refractivity contribution >= 4 is 22.9 Å². The molecule has 4 atom stereocenters. The Morgan fingerprint density at radius 2 is 1.65 bits per heavy atom. The lowest BCUT2D eigenvalue weighted by atomic mass is 10.0. The van der Waals surface area contributed by atoms with Crippen LogP contribution in [-0.4, -0.2) is 99.1 Å². The van der Waals surface area contributed by atoms with Crippen molar-refractivity contribution in [3.63, 3.8) is 0 Å². The Morgan fingerprint density at radius 1 is 1.03 bits per heavy atom. The van der Waals surface area contributed by atoms with Gasteiger partial charge in [0.15, 0.2) is 11.5 Å². The van der Waals surface area contributed by atoms with Crippen molar-refractivity contribution in [1.82, 2.24) is 24.9 Å². The molecular formula is C17H25N7O7. The number of pyridine rings is 1. The molecule has 3 aromatic heterocycles. The maximum absolute atomic E-state index is 10.4. The van der Waals surface area contributed by atoms with Gasteiger partial charge in [0.05, 0.1) is 25.1 Å².